The number of ether oxygens (including phenoxy) is 2. The van der Waals surface area contributed by atoms with Gasteiger partial charge >= 0.3 is 0 Å². The van der Waals surface area contributed by atoms with E-state index in [1.165, 1.54) is 23.0 Å². The lowest BCUT2D eigenvalue weighted by Gasteiger charge is -2.12. The fraction of sp³-hybridized carbons (Fsp3) is 0.304. The molecular formula is C23H25BrN2O3S. The maximum atomic E-state index is 12.4. The average Bonchev–Trinajstić information content (AvgIpc) is 3.14. The van der Waals surface area contributed by atoms with Crippen molar-refractivity contribution in [1.29, 1.82) is 0 Å². The summed E-state index contributed by atoms with van der Waals surface area (Å²) in [7, 11) is 1.59. The number of hydrogen-bond acceptors (Lipinski definition) is 5. The molecule has 0 bridgehead atoms. The van der Waals surface area contributed by atoms with Crippen LogP contribution < -0.4 is 14.8 Å². The number of methoxy groups -OCH3 is 1. The van der Waals surface area contributed by atoms with Crippen LogP contribution in [0, 0.1) is 0 Å². The topological polar surface area (TPSA) is 60.5 Å². The van der Waals surface area contributed by atoms with Gasteiger partial charge in [-0.15, -0.1) is 0 Å². The molecule has 158 valence electrons. The molecule has 0 aliphatic rings. The molecule has 1 unspecified atom stereocenters. The van der Waals surface area contributed by atoms with Crippen molar-refractivity contribution in [2.75, 3.05) is 19.0 Å². The highest BCUT2D eigenvalue weighted by Gasteiger charge is 2.11. The van der Waals surface area contributed by atoms with E-state index in [2.05, 4.69) is 52.2 Å². The first-order valence-electron chi connectivity index (χ1n) is 9.85. The van der Waals surface area contributed by atoms with Gasteiger partial charge in [0.1, 0.15) is 0 Å². The van der Waals surface area contributed by atoms with Gasteiger partial charge in [-0.25, -0.2) is 4.98 Å². The number of nitrogens with zero attached hydrogens (tertiary/aromatic N) is 1. The smallest absolute Gasteiger partial charge is 0.250 e. The fourth-order valence-corrected chi connectivity index (χ4v) is 4.47. The summed E-state index contributed by atoms with van der Waals surface area (Å²) in [5, 5.41) is 3.44. The van der Waals surface area contributed by atoms with Crippen LogP contribution in [0.25, 0.3) is 16.3 Å². The van der Waals surface area contributed by atoms with E-state index in [1.54, 1.807) is 13.2 Å². The molecule has 5 nitrogen and oxygen atoms in total. The molecule has 0 radical (unpaired) electrons. The summed E-state index contributed by atoms with van der Waals surface area (Å²) < 4.78 is 12.8. The number of amides is 1. The Morgan fingerprint density at radius 3 is 2.80 bits per heavy atom. The van der Waals surface area contributed by atoms with Crippen LogP contribution in [-0.2, 0) is 4.79 Å². The van der Waals surface area contributed by atoms with Gasteiger partial charge < -0.3 is 9.47 Å². The molecule has 0 aliphatic heterocycles. The van der Waals surface area contributed by atoms with Gasteiger partial charge in [0, 0.05) is 6.08 Å². The van der Waals surface area contributed by atoms with Gasteiger partial charge in [-0.1, -0.05) is 31.3 Å². The summed E-state index contributed by atoms with van der Waals surface area (Å²) in [6.45, 7) is 6.84. The van der Waals surface area contributed by atoms with Crippen molar-refractivity contribution in [2.24, 2.45) is 0 Å². The summed E-state index contributed by atoms with van der Waals surface area (Å²) in [6, 6.07) is 10.00. The van der Waals surface area contributed by atoms with Crippen molar-refractivity contribution >= 4 is 54.6 Å². The first-order valence-corrected chi connectivity index (χ1v) is 11.5. The highest BCUT2D eigenvalue weighted by molar-refractivity contribution is 9.10. The summed E-state index contributed by atoms with van der Waals surface area (Å²) in [5.74, 6) is 1.52. The van der Waals surface area contributed by atoms with Gasteiger partial charge in [-0.3, -0.25) is 10.1 Å². The lowest BCUT2D eigenvalue weighted by Crippen LogP contribution is -2.07. The number of carbonyl (C=O) groups is 1. The van der Waals surface area contributed by atoms with Gasteiger partial charge in [0.2, 0.25) is 5.91 Å². The normalized spacial score (nSPS) is 12.3. The van der Waals surface area contributed by atoms with Crippen LogP contribution in [0.4, 0.5) is 5.13 Å². The third kappa shape index (κ3) is 5.21. The largest absolute Gasteiger partial charge is 0.493 e. The standard InChI is InChI=1S/C23H25BrN2O3S/c1-5-14(3)16-8-9-18-20(13-16)30-23(25-18)26-21(27)10-7-15-11-17(24)22(29-6-2)19(12-15)28-4/h7-14H,5-6H2,1-4H3,(H,25,26,27)/b10-7+. The number of benzene rings is 2. The summed E-state index contributed by atoms with van der Waals surface area (Å²) in [6.07, 6.45) is 4.30. The van der Waals surface area contributed by atoms with Crippen LogP contribution >= 0.6 is 27.3 Å². The maximum absolute atomic E-state index is 12.4. The third-order valence-corrected chi connectivity index (χ3v) is 6.31. The molecule has 3 aromatic rings. The van der Waals surface area contributed by atoms with E-state index in [0.29, 0.717) is 29.2 Å². The SMILES string of the molecule is CCOc1c(Br)cc(/C=C/C(=O)Nc2nc3ccc(C(C)CC)cc3s2)cc1OC. The fourth-order valence-electron chi connectivity index (χ4n) is 2.98. The van der Waals surface area contributed by atoms with E-state index in [-0.39, 0.29) is 5.91 Å². The Morgan fingerprint density at radius 1 is 1.30 bits per heavy atom. The number of thiazole rings is 1. The summed E-state index contributed by atoms with van der Waals surface area (Å²) >= 11 is 4.98. The second-order valence-electron chi connectivity index (χ2n) is 6.85. The van der Waals surface area contributed by atoms with E-state index in [0.717, 1.165) is 26.7 Å². The van der Waals surface area contributed by atoms with Crippen molar-refractivity contribution in [3.8, 4) is 11.5 Å². The first-order chi connectivity index (χ1) is 14.4. The molecule has 1 heterocycles. The number of carbonyl (C=O) groups excluding carboxylic acids is 1. The highest BCUT2D eigenvalue weighted by Crippen LogP contribution is 2.37. The van der Waals surface area contributed by atoms with Crippen molar-refractivity contribution < 1.29 is 14.3 Å². The van der Waals surface area contributed by atoms with E-state index < -0.39 is 0 Å². The quantitative estimate of drug-likeness (QED) is 0.361. The number of fused-ring (bicyclic) bond motifs is 1. The molecule has 1 amide bonds. The predicted octanol–water partition coefficient (Wildman–Crippen LogP) is 6.63. The van der Waals surface area contributed by atoms with Crippen LogP contribution in [0.3, 0.4) is 0 Å². The van der Waals surface area contributed by atoms with E-state index in [4.69, 9.17) is 9.47 Å². The van der Waals surface area contributed by atoms with E-state index >= 15 is 0 Å². The maximum Gasteiger partial charge on any atom is 0.250 e. The lowest BCUT2D eigenvalue weighted by molar-refractivity contribution is -0.111. The Kier molecular flexibility index (Phi) is 7.50. The van der Waals surface area contributed by atoms with Crippen LogP contribution in [0.5, 0.6) is 11.5 Å². The molecule has 1 atom stereocenters. The van der Waals surface area contributed by atoms with Gasteiger partial charge in [-0.05, 0) is 76.7 Å². The number of anilines is 1. The molecule has 2 aromatic carbocycles. The van der Waals surface area contributed by atoms with Gasteiger partial charge in [0.15, 0.2) is 16.6 Å². The van der Waals surface area contributed by atoms with Crippen LogP contribution in [-0.4, -0.2) is 24.6 Å². The van der Waals surface area contributed by atoms with Crippen molar-refractivity contribution in [3.05, 3.63) is 52.0 Å². The van der Waals surface area contributed by atoms with E-state index in [9.17, 15) is 4.79 Å². The second-order valence-corrected chi connectivity index (χ2v) is 8.73. The second kappa shape index (κ2) is 10.1. The van der Waals surface area contributed by atoms with Gasteiger partial charge in [0.25, 0.3) is 0 Å². The molecule has 1 aromatic heterocycles. The Labute approximate surface area is 189 Å². The molecule has 7 heteroatoms. The van der Waals surface area contributed by atoms with Crippen molar-refractivity contribution in [1.82, 2.24) is 4.98 Å². The Bertz CT molecular complexity index is 1080. The van der Waals surface area contributed by atoms with Crippen LogP contribution in [0.15, 0.2) is 40.9 Å². The number of rotatable bonds is 8. The molecule has 30 heavy (non-hydrogen) atoms. The lowest BCUT2D eigenvalue weighted by atomic mass is 9.99. The minimum Gasteiger partial charge on any atom is -0.493 e. The van der Waals surface area contributed by atoms with Crippen LogP contribution in [0.1, 0.15) is 44.2 Å². The first kappa shape index (κ1) is 22.3. The zero-order chi connectivity index (χ0) is 21.7. The molecule has 1 N–H and O–H groups in total. The van der Waals surface area contributed by atoms with Crippen molar-refractivity contribution in [3.63, 3.8) is 0 Å². The monoisotopic (exact) mass is 488 g/mol. The molecule has 0 spiro atoms. The number of nitrogens with one attached hydrogen (secondary N) is 1. The summed E-state index contributed by atoms with van der Waals surface area (Å²) in [5.41, 5.74) is 3.01. The minimum atomic E-state index is -0.236. The average molecular weight is 489 g/mol. The summed E-state index contributed by atoms with van der Waals surface area (Å²) in [4.78, 5) is 16.9. The van der Waals surface area contributed by atoms with Crippen LogP contribution in [0.2, 0.25) is 0 Å². The molecule has 3 rings (SSSR count). The zero-order valence-electron chi connectivity index (χ0n) is 17.5. The highest BCUT2D eigenvalue weighted by atomic mass is 79.9. The Morgan fingerprint density at radius 2 is 2.10 bits per heavy atom. The van der Waals surface area contributed by atoms with E-state index in [1.807, 2.05) is 25.1 Å². The van der Waals surface area contributed by atoms with Crippen molar-refractivity contribution in [2.45, 2.75) is 33.1 Å². The third-order valence-electron chi connectivity index (χ3n) is 4.79. The van der Waals surface area contributed by atoms with Gasteiger partial charge in [-0.2, -0.15) is 0 Å². The number of halogens is 1. The predicted molar refractivity (Wildman–Crippen MR) is 128 cm³/mol. The Balaban J connectivity index is 1.73. The Hall–Kier alpha value is -2.38. The minimum absolute atomic E-state index is 0.236. The molecule has 0 saturated carbocycles. The molecule has 0 saturated heterocycles. The molecule has 0 aliphatic carbocycles. The number of aromatic nitrogens is 1. The molecule has 0 fully saturated rings. The molecular weight excluding hydrogens is 464 g/mol. The number of hydrogen-bond donors (Lipinski definition) is 1. The zero-order valence-corrected chi connectivity index (χ0v) is 19.9. The van der Waals surface area contributed by atoms with Gasteiger partial charge in [0.05, 0.1) is 28.4 Å².